The molecular weight excluding hydrogens is 231 g/mol. The molecule has 0 saturated carbocycles. The van der Waals surface area contributed by atoms with E-state index in [0.29, 0.717) is 5.54 Å². The predicted octanol–water partition coefficient (Wildman–Crippen LogP) is 5.00. The molecule has 0 radical (unpaired) electrons. The number of rotatable bonds is 6. The van der Waals surface area contributed by atoms with Crippen LogP contribution in [0.3, 0.4) is 0 Å². The van der Waals surface area contributed by atoms with Crippen LogP contribution in [0.4, 0.5) is 0 Å². The van der Waals surface area contributed by atoms with Crippen LogP contribution in [0.25, 0.3) is 0 Å². The molecule has 74 valence electrons. The minimum atomic E-state index is -2.40. The van der Waals surface area contributed by atoms with Crippen molar-refractivity contribution in [1.29, 1.82) is 0 Å². The van der Waals surface area contributed by atoms with Gasteiger partial charge in [0.2, 0.25) is 0 Å². The molecule has 0 saturated heterocycles. The summed E-state index contributed by atoms with van der Waals surface area (Å²) in [5, 5.41) is 0. The van der Waals surface area contributed by atoms with E-state index < -0.39 is 6.00 Å². The summed E-state index contributed by atoms with van der Waals surface area (Å²) >= 11 is 17.6. The Bertz CT molecular complexity index is 111. The first kappa shape index (κ1) is 13.1. The monoisotopic (exact) mass is 246 g/mol. The van der Waals surface area contributed by atoms with Gasteiger partial charge in [-0.05, 0) is 12.0 Å². The van der Waals surface area contributed by atoms with Crippen molar-refractivity contribution in [3.05, 3.63) is 0 Å². The van der Waals surface area contributed by atoms with E-state index >= 15 is 0 Å². The molecule has 0 rings (SSSR count). The van der Waals surface area contributed by atoms with E-state index in [9.17, 15) is 0 Å². The normalized spacial score (nSPS) is 14.8. The Labute approximate surface area is 90.7 Å². The van der Waals surface area contributed by atoms with Crippen molar-refractivity contribution in [3.63, 3.8) is 0 Å². The summed E-state index contributed by atoms with van der Waals surface area (Å²) in [6.45, 7) is 4.25. The maximum atomic E-state index is 5.87. The lowest BCUT2D eigenvalue weighted by atomic mass is 10.1. The molecule has 1 atom stereocenters. The predicted molar refractivity (Wildman–Crippen MR) is 61.5 cm³/mol. The van der Waals surface area contributed by atoms with Crippen LogP contribution in [0, 0.1) is 0 Å². The lowest BCUT2D eigenvalue weighted by Gasteiger charge is -2.16. The number of unbranched alkanes of at least 4 members (excludes halogenated alkanes) is 3. The van der Waals surface area contributed by atoms with Crippen LogP contribution >= 0.6 is 33.2 Å². The van der Waals surface area contributed by atoms with Gasteiger partial charge in [-0.15, -0.1) is 33.2 Å². The topological polar surface area (TPSA) is 0 Å². The third kappa shape index (κ3) is 6.59. The van der Waals surface area contributed by atoms with Gasteiger partial charge in [0.25, 0.3) is 0 Å². The second-order valence-electron chi connectivity index (χ2n) is 3.29. The fourth-order valence-electron chi connectivity index (χ4n) is 1.04. The molecule has 0 aliphatic rings. The molecule has 0 aliphatic heterocycles. The van der Waals surface area contributed by atoms with Crippen LogP contribution in [0.15, 0.2) is 0 Å². The average Bonchev–Trinajstić information content (AvgIpc) is 1.96. The summed E-state index contributed by atoms with van der Waals surface area (Å²) in [5.41, 5.74) is 0.305. The molecule has 0 spiro atoms. The van der Waals surface area contributed by atoms with E-state index in [2.05, 4.69) is 6.92 Å². The fourth-order valence-corrected chi connectivity index (χ4v) is 2.55. The first-order valence-electron chi connectivity index (χ1n) is 4.55. The smallest absolute Gasteiger partial charge is 0.126 e. The zero-order valence-corrected chi connectivity index (χ0v) is 11.0. The van der Waals surface area contributed by atoms with Crippen LogP contribution in [0.2, 0.25) is 5.54 Å². The molecule has 0 aromatic heterocycles. The Hall–Kier alpha value is 1.09. The number of halogens is 3. The zero-order chi connectivity index (χ0) is 9.61. The Morgan fingerprint density at radius 3 is 2.08 bits per heavy atom. The Morgan fingerprint density at radius 2 is 1.67 bits per heavy atom. The van der Waals surface area contributed by atoms with Gasteiger partial charge >= 0.3 is 6.00 Å². The molecular formula is C8H17Cl3Si. The standard InChI is InChI=1S/C8H17Cl3Si/c1-3-4-5-6-7-8(2)12(9,10)11/h8H,3-7H2,1-2H3/t8-/m1/s1. The lowest BCUT2D eigenvalue weighted by Crippen LogP contribution is -2.16. The van der Waals surface area contributed by atoms with Gasteiger partial charge in [0.05, 0.1) is 0 Å². The van der Waals surface area contributed by atoms with Crippen molar-refractivity contribution < 1.29 is 0 Å². The van der Waals surface area contributed by atoms with Gasteiger partial charge in [-0.1, -0.05) is 39.5 Å². The molecule has 0 bridgehead atoms. The average molecular weight is 248 g/mol. The van der Waals surface area contributed by atoms with Gasteiger partial charge in [-0.2, -0.15) is 0 Å². The first-order valence-corrected chi connectivity index (χ1v) is 9.66. The Balaban J connectivity index is 3.38. The van der Waals surface area contributed by atoms with Crippen molar-refractivity contribution in [2.45, 2.75) is 51.5 Å². The van der Waals surface area contributed by atoms with Gasteiger partial charge in [0, 0.05) is 0 Å². The molecule has 0 amide bonds. The number of hydrogen-bond donors (Lipinski definition) is 0. The van der Waals surface area contributed by atoms with Crippen molar-refractivity contribution in [2.75, 3.05) is 0 Å². The quantitative estimate of drug-likeness (QED) is 0.352. The molecule has 0 aromatic carbocycles. The van der Waals surface area contributed by atoms with Crippen LogP contribution in [-0.2, 0) is 0 Å². The van der Waals surface area contributed by atoms with Crippen LogP contribution < -0.4 is 0 Å². The van der Waals surface area contributed by atoms with Crippen molar-refractivity contribution in [3.8, 4) is 0 Å². The van der Waals surface area contributed by atoms with E-state index in [4.69, 9.17) is 33.2 Å². The van der Waals surface area contributed by atoms with Crippen molar-refractivity contribution in [2.24, 2.45) is 0 Å². The molecule has 0 unspecified atom stereocenters. The maximum Gasteiger partial charge on any atom is 0.344 e. The minimum absolute atomic E-state index is 0.305. The van der Waals surface area contributed by atoms with Gasteiger partial charge in [0.15, 0.2) is 0 Å². The summed E-state index contributed by atoms with van der Waals surface area (Å²) < 4.78 is 0. The van der Waals surface area contributed by atoms with Crippen LogP contribution in [-0.4, -0.2) is 6.00 Å². The number of hydrogen-bond acceptors (Lipinski definition) is 0. The molecule has 0 aliphatic carbocycles. The van der Waals surface area contributed by atoms with Gasteiger partial charge in [0.1, 0.15) is 0 Å². The maximum absolute atomic E-state index is 5.87. The molecule has 0 N–H and O–H groups in total. The van der Waals surface area contributed by atoms with Crippen LogP contribution in [0.5, 0.6) is 0 Å². The highest BCUT2D eigenvalue weighted by molar-refractivity contribution is 7.65. The van der Waals surface area contributed by atoms with E-state index in [1.54, 1.807) is 0 Å². The van der Waals surface area contributed by atoms with E-state index in [1.165, 1.54) is 25.7 Å². The van der Waals surface area contributed by atoms with Gasteiger partial charge < -0.3 is 0 Å². The van der Waals surface area contributed by atoms with Crippen molar-refractivity contribution >= 4 is 39.2 Å². The molecule has 4 heteroatoms. The SMILES string of the molecule is CCCCCC[C@@H](C)[Si](Cl)(Cl)Cl. The molecule has 0 aromatic rings. The first-order chi connectivity index (χ1) is 5.48. The molecule has 0 heterocycles. The molecule has 0 nitrogen and oxygen atoms in total. The highest BCUT2D eigenvalue weighted by atomic mass is 35.8. The Kier molecular flexibility index (Phi) is 7.12. The highest BCUT2D eigenvalue weighted by Gasteiger charge is 2.32. The second kappa shape index (κ2) is 6.53. The summed E-state index contributed by atoms with van der Waals surface area (Å²) in [7, 11) is 0. The summed E-state index contributed by atoms with van der Waals surface area (Å²) in [6.07, 6.45) is 6.11. The summed E-state index contributed by atoms with van der Waals surface area (Å²) in [4.78, 5) is 0. The van der Waals surface area contributed by atoms with Gasteiger partial charge in [-0.3, -0.25) is 0 Å². The molecule has 12 heavy (non-hydrogen) atoms. The minimum Gasteiger partial charge on any atom is -0.126 e. The van der Waals surface area contributed by atoms with E-state index in [-0.39, 0.29) is 0 Å². The lowest BCUT2D eigenvalue weighted by molar-refractivity contribution is 0.622. The summed E-state index contributed by atoms with van der Waals surface area (Å²) in [6, 6.07) is -2.40. The molecule has 0 fully saturated rings. The van der Waals surface area contributed by atoms with Gasteiger partial charge in [-0.25, -0.2) is 0 Å². The largest absolute Gasteiger partial charge is 0.344 e. The summed E-state index contributed by atoms with van der Waals surface area (Å²) in [5.74, 6) is 0. The third-order valence-corrected chi connectivity index (χ3v) is 6.81. The van der Waals surface area contributed by atoms with E-state index in [1.807, 2.05) is 6.92 Å². The van der Waals surface area contributed by atoms with E-state index in [0.717, 1.165) is 6.42 Å². The highest BCUT2D eigenvalue weighted by Crippen LogP contribution is 2.36. The van der Waals surface area contributed by atoms with Crippen molar-refractivity contribution in [1.82, 2.24) is 0 Å². The zero-order valence-electron chi connectivity index (χ0n) is 7.75. The second-order valence-corrected chi connectivity index (χ2v) is 12.5. The Morgan fingerprint density at radius 1 is 1.08 bits per heavy atom. The van der Waals surface area contributed by atoms with Crippen LogP contribution in [0.1, 0.15) is 46.0 Å². The fraction of sp³-hybridized carbons (Fsp3) is 1.00. The third-order valence-electron chi connectivity index (χ3n) is 2.05.